The topological polar surface area (TPSA) is 64.3 Å². The van der Waals surface area contributed by atoms with Gasteiger partial charge >= 0.3 is 6.03 Å². The van der Waals surface area contributed by atoms with Crippen molar-refractivity contribution in [3.63, 3.8) is 0 Å². The van der Waals surface area contributed by atoms with Crippen LogP contribution >= 0.6 is 0 Å². The van der Waals surface area contributed by atoms with Crippen molar-refractivity contribution in [2.75, 3.05) is 12.4 Å². The van der Waals surface area contributed by atoms with Gasteiger partial charge in [0, 0.05) is 17.4 Å². The van der Waals surface area contributed by atoms with E-state index < -0.39 is 0 Å². The summed E-state index contributed by atoms with van der Waals surface area (Å²) in [5.74, 6) is 1.72. The third-order valence-electron chi connectivity index (χ3n) is 7.63. The Balaban J connectivity index is 1.53. The molecule has 3 heterocycles. The van der Waals surface area contributed by atoms with E-state index in [2.05, 4.69) is 35.1 Å². The fraction of sp³-hybridized carbons (Fsp3) is 0.188. The Hall–Kier alpha value is -4.78. The normalized spacial score (nSPS) is 14.4. The molecule has 0 spiro atoms. The molecule has 1 aliphatic heterocycles. The van der Waals surface area contributed by atoms with Gasteiger partial charge in [-0.2, -0.15) is 5.10 Å². The van der Waals surface area contributed by atoms with Crippen molar-refractivity contribution < 1.29 is 9.53 Å². The van der Waals surface area contributed by atoms with E-state index in [-0.39, 0.29) is 12.1 Å². The van der Waals surface area contributed by atoms with Crippen LogP contribution in [0.3, 0.4) is 0 Å². The standard InChI is InChI=1S/C32H31N5O2/c1-21-10-8-13-28(22(21)2)33-32(38)36-20-27-23(3)34-37(25-11-6-5-7-12-25)31(27)35-19-9-14-29(35)30(36)24-15-17-26(39-4)18-16-24/h5-19,30H,20H2,1-4H3,(H,33,38). The van der Waals surface area contributed by atoms with E-state index in [0.29, 0.717) is 6.54 Å². The molecule has 39 heavy (non-hydrogen) atoms. The summed E-state index contributed by atoms with van der Waals surface area (Å²) in [6, 6.07) is 27.6. The monoisotopic (exact) mass is 517 g/mol. The van der Waals surface area contributed by atoms with Crippen molar-refractivity contribution in [1.29, 1.82) is 0 Å². The van der Waals surface area contributed by atoms with E-state index in [1.807, 2.05) is 96.2 Å². The Morgan fingerprint density at radius 2 is 1.69 bits per heavy atom. The van der Waals surface area contributed by atoms with Crippen LogP contribution in [0.25, 0.3) is 11.5 Å². The number of rotatable bonds is 4. The van der Waals surface area contributed by atoms with Gasteiger partial charge in [-0.25, -0.2) is 9.48 Å². The SMILES string of the molecule is COc1ccc(C2c3cccn3-c3c(c(C)nn3-c3ccccc3)CN2C(=O)Nc2cccc(C)c2C)cc1. The fourth-order valence-electron chi connectivity index (χ4n) is 5.36. The number of nitrogens with one attached hydrogen (secondary N) is 1. The average Bonchev–Trinajstić information content (AvgIpc) is 3.52. The molecular weight excluding hydrogens is 486 g/mol. The molecule has 0 aliphatic carbocycles. The largest absolute Gasteiger partial charge is 0.497 e. The molecule has 2 amide bonds. The Morgan fingerprint density at radius 3 is 2.44 bits per heavy atom. The van der Waals surface area contributed by atoms with Crippen LogP contribution in [0.1, 0.15) is 39.7 Å². The Bertz CT molecular complexity index is 1650. The highest BCUT2D eigenvalue weighted by Gasteiger charge is 2.36. The number of ether oxygens (including phenoxy) is 1. The van der Waals surface area contributed by atoms with Gasteiger partial charge in [-0.05, 0) is 79.9 Å². The first kappa shape index (κ1) is 24.6. The molecule has 0 saturated heterocycles. The van der Waals surface area contributed by atoms with Gasteiger partial charge in [0.15, 0.2) is 0 Å². The quantitative estimate of drug-likeness (QED) is 0.287. The number of anilines is 1. The summed E-state index contributed by atoms with van der Waals surface area (Å²) in [5.41, 5.74) is 7.82. The van der Waals surface area contributed by atoms with Gasteiger partial charge in [-0.3, -0.25) is 0 Å². The average molecular weight is 518 g/mol. The predicted octanol–water partition coefficient (Wildman–Crippen LogP) is 6.73. The van der Waals surface area contributed by atoms with Crippen molar-refractivity contribution in [2.45, 2.75) is 33.4 Å². The highest BCUT2D eigenvalue weighted by Crippen LogP contribution is 2.39. The van der Waals surface area contributed by atoms with E-state index in [4.69, 9.17) is 9.84 Å². The number of aryl methyl sites for hydroxylation is 2. The summed E-state index contributed by atoms with van der Waals surface area (Å²) in [6.45, 7) is 6.49. The molecule has 0 fully saturated rings. The van der Waals surface area contributed by atoms with Crippen LogP contribution < -0.4 is 10.1 Å². The number of urea groups is 1. The van der Waals surface area contributed by atoms with Crippen molar-refractivity contribution in [2.24, 2.45) is 0 Å². The highest BCUT2D eigenvalue weighted by atomic mass is 16.5. The van der Waals surface area contributed by atoms with Crippen LogP contribution in [-0.4, -0.2) is 32.4 Å². The first-order chi connectivity index (χ1) is 19.0. The van der Waals surface area contributed by atoms with Gasteiger partial charge in [-0.15, -0.1) is 0 Å². The molecule has 1 aliphatic rings. The zero-order valence-electron chi connectivity index (χ0n) is 22.6. The molecule has 3 aromatic carbocycles. The molecule has 196 valence electrons. The number of hydrogen-bond donors (Lipinski definition) is 1. The first-order valence-corrected chi connectivity index (χ1v) is 13.1. The van der Waals surface area contributed by atoms with Gasteiger partial charge < -0.3 is 19.5 Å². The van der Waals surface area contributed by atoms with Gasteiger partial charge in [0.05, 0.1) is 36.8 Å². The van der Waals surface area contributed by atoms with Crippen molar-refractivity contribution in [3.05, 3.63) is 125 Å². The zero-order valence-corrected chi connectivity index (χ0v) is 22.6. The first-order valence-electron chi connectivity index (χ1n) is 13.1. The molecule has 7 heteroatoms. The number of nitrogens with zero attached hydrogens (tertiary/aromatic N) is 4. The zero-order chi connectivity index (χ0) is 27.1. The lowest BCUT2D eigenvalue weighted by Crippen LogP contribution is -2.38. The number of amides is 2. The number of fused-ring (bicyclic) bond motifs is 3. The second-order valence-corrected chi connectivity index (χ2v) is 9.92. The van der Waals surface area contributed by atoms with E-state index in [1.165, 1.54) is 0 Å². The molecule has 0 bridgehead atoms. The molecule has 1 N–H and O–H groups in total. The minimum absolute atomic E-state index is 0.169. The van der Waals surface area contributed by atoms with Gasteiger partial charge in [-0.1, -0.05) is 42.5 Å². The second kappa shape index (κ2) is 9.83. The number of para-hydroxylation sites is 1. The van der Waals surface area contributed by atoms with Gasteiger partial charge in [0.25, 0.3) is 0 Å². The van der Waals surface area contributed by atoms with E-state index in [1.54, 1.807) is 7.11 Å². The third kappa shape index (κ3) is 4.26. The summed E-state index contributed by atoms with van der Waals surface area (Å²) in [7, 11) is 1.66. The lowest BCUT2D eigenvalue weighted by atomic mass is 10.0. The number of aromatic nitrogens is 3. The Morgan fingerprint density at radius 1 is 0.923 bits per heavy atom. The molecule has 0 radical (unpaired) electrons. The maximum atomic E-state index is 14.2. The number of methoxy groups -OCH3 is 1. The summed E-state index contributed by atoms with van der Waals surface area (Å²) in [4.78, 5) is 16.1. The van der Waals surface area contributed by atoms with Crippen molar-refractivity contribution >= 4 is 11.7 Å². The van der Waals surface area contributed by atoms with Gasteiger partial charge in [0.1, 0.15) is 11.6 Å². The highest BCUT2D eigenvalue weighted by molar-refractivity contribution is 5.91. The molecule has 7 nitrogen and oxygen atoms in total. The van der Waals surface area contributed by atoms with Crippen LogP contribution in [0, 0.1) is 20.8 Å². The lowest BCUT2D eigenvalue weighted by molar-refractivity contribution is 0.194. The predicted molar refractivity (Wildman–Crippen MR) is 153 cm³/mol. The number of carbonyl (C=O) groups excluding carboxylic acids is 1. The van der Waals surface area contributed by atoms with Crippen LogP contribution in [0.2, 0.25) is 0 Å². The smallest absolute Gasteiger partial charge is 0.322 e. The maximum absolute atomic E-state index is 14.2. The number of benzene rings is 3. The van der Waals surface area contributed by atoms with Crippen LogP contribution in [0.15, 0.2) is 91.1 Å². The van der Waals surface area contributed by atoms with Crippen molar-refractivity contribution in [1.82, 2.24) is 19.2 Å². The number of carbonyl (C=O) groups is 1. The minimum Gasteiger partial charge on any atom is -0.497 e. The molecule has 6 rings (SSSR count). The molecular formula is C32H31N5O2. The van der Waals surface area contributed by atoms with E-state index in [0.717, 1.165) is 56.6 Å². The molecule has 1 atom stereocenters. The Labute approximate surface area is 228 Å². The summed E-state index contributed by atoms with van der Waals surface area (Å²) in [6.07, 6.45) is 2.05. The molecule has 2 aromatic heterocycles. The third-order valence-corrected chi connectivity index (χ3v) is 7.63. The summed E-state index contributed by atoms with van der Waals surface area (Å²) >= 11 is 0. The van der Waals surface area contributed by atoms with Crippen LogP contribution in [-0.2, 0) is 6.54 Å². The maximum Gasteiger partial charge on any atom is 0.322 e. The van der Waals surface area contributed by atoms with Crippen LogP contribution in [0.5, 0.6) is 5.75 Å². The second-order valence-electron chi connectivity index (χ2n) is 9.92. The molecule has 1 unspecified atom stereocenters. The minimum atomic E-state index is -0.341. The lowest BCUT2D eigenvalue weighted by Gasteiger charge is -2.31. The summed E-state index contributed by atoms with van der Waals surface area (Å²) < 4.78 is 9.57. The molecule has 5 aromatic rings. The van der Waals surface area contributed by atoms with Crippen molar-refractivity contribution in [3.8, 4) is 17.3 Å². The van der Waals surface area contributed by atoms with E-state index in [9.17, 15) is 4.79 Å². The Kier molecular flexibility index (Phi) is 6.19. The van der Waals surface area contributed by atoms with Crippen LogP contribution in [0.4, 0.5) is 10.5 Å². The van der Waals surface area contributed by atoms with E-state index >= 15 is 0 Å². The number of hydrogen-bond acceptors (Lipinski definition) is 3. The fourth-order valence-corrected chi connectivity index (χ4v) is 5.36. The summed E-state index contributed by atoms with van der Waals surface area (Å²) in [5, 5.41) is 8.14. The van der Waals surface area contributed by atoms with Gasteiger partial charge in [0.2, 0.25) is 0 Å². The molecule has 0 saturated carbocycles.